The van der Waals surface area contributed by atoms with Gasteiger partial charge in [0.25, 0.3) is 0 Å². The standard InChI is InChI=1S/C16H18FN3S/c1-18-16-11-6-2-4-8-13(11)19-15(20-16)10-21-14-9-5-3-7-12(14)17/h3,5,7,9H,2,4,6,8,10H2,1H3,(H,18,19,20). The lowest BCUT2D eigenvalue weighted by Crippen LogP contribution is -2.13. The molecule has 1 aliphatic rings. The van der Waals surface area contributed by atoms with Crippen LogP contribution in [-0.2, 0) is 18.6 Å². The lowest BCUT2D eigenvalue weighted by Gasteiger charge is -2.18. The van der Waals surface area contributed by atoms with E-state index in [1.807, 2.05) is 13.1 Å². The van der Waals surface area contributed by atoms with Crippen molar-refractivity contribution in [1.82, 2.24) is 9.97 Å². The average Bonchev–Trinajstić information content (AvgIpc) is 2.53. The van der Waals surface area contributed by atoms with Crippen molar-refractivity contribution in [3.8, 4) is 0 Å². The van der Waals surface area contributed by atoms with Gasteiger partial charge in [-0.25, -0.2) is 14.4 Å². The number of aryl methyl sites for hydroxylation is 1. The Morgan fingerprint density at radius 1 is 1.19 bits per heavy atom. The number of anilines is 1. The normalized spacial score (nSPS) is 13.8. The number of nitrogens with zero attached hydrogens (tertiary/aromatic N) is 2. The van der Waals surface area contributed by atoms with Crippen LogP contribution < -0.4 is 5.32 Å². The highest BCUT2D eigenvalue weighted by molar-refractivity contribution is 7.98. The van der Waals surface area contributed by atoms with Crippen LogP contribution in [0.1, 0.15) is 29.9 Å². The molecule has 0 saturated heterocycles. The minimum Gasteiger partial charge on any atom is -0.373 e. The van der Waals surface area contributed by atoms with Gasteiger partial charge < -0.3 is 5.32 Å². The second-order valence-corrected chi connectivity index (χ2v) is 6.11. The van der Waals surface area contributed by atoms with Crippen LogP contribution in [0, 0.1) is 5.82 Å². The second-order valence-electron chi connectivity index (χ2n) is 5.09. The Kier molecular flexibility index (Phi) is 4.39. The molecular weight excluding hydrogens is 285 g/mol. The maximum Gasteiger partial charge on any atom is 0.141 e. The van der Waals surface area contributed by atoms with Gasteiger partial charge in [-0.05, 0) is 37.8 Å². The van der Waals surface area contributed by atoms with Crippen molar-refractivity contribution in [2.24, 2.45) is 0 Å². The van der Waals surface area contributed by atoms with Crippen LogP contribution in [0.15, 0.2) is 29.2 Å². The van der Waals surface area contributed by atoms with Crippen LogP contribution in [0.5, 0.6) is 0 Å². The van der Waals surface area contributed by atoms with Crippen LogP contribution in [-0.4, -0.2) is 17.0 Å². The van der Waals surface area contributed by atoms with Crippen molar-refractivity contribution < 1.29 is 4.39 Å². The predicted octanol–water partition coefficient (Wildman–Crippen LogP) is 3.83. The first kappa shape index (κ1) is 14.3. The van der Waals surface area contributed by atoms with E-state index in [-0.39, 0.29) is 5.82 Å². The number of fused-ring (bicyclic) bond motifs is 1. The quantitative estimate of drug-likeness (QED) is 0.871. The number of thioether (sulfide) groups is 1. The van der Waals surface area contributed by atoms with Gasteiger partial charge in [-0.15, -0.1) is 11.8 Å². The maximum atomic E-state index is 13.6. The Morgan fingerprint density at radius 2 is 2.00 bits per heavy atom. The molecule has 3 nitrogen and oxygen atoms in total. The van der Waals surface area contributed by atoms with Gasteiger partial charge in [-0.2, -0.15) is 0 Å². The molecule has 5 heteroatoms. The molecule has 2 aromatic rings. The number of aromatic nitrogens is 2. The molecule has 0 fully saturated rings. The lowest BCUT2D eigenvalue weighted by molar-refractivity contribution is 0.602. The topological polar surface area (TPSA) is 37.8 Å². The molecule has 1 aliphatic carbocycles. The lowest BCUT2D eigenvalue weighted by atomic mass is 9.96. The van der Waals surface area contributed by atoms with E-state index in [0.717, 1.165) is 30.2 Å². The third kappa shape index (κ3) is 3.18. The fourth-order valence-corrected chi connectivity index (χ4v) is 3.42. The third-order valence-corrected chi connectivity index (χ3v) is 4.70. The third-order valence-electron chi connectivity index (χ3n) is 3.66. The zero-order valence-corrected chi connectivity index (χ0v) is 12.8. The van der Waals surface area contributed by atoms with E-state index in [1.165, 1.54) is 36.2 Å². The van der Waals surface area contributed by atoms with E-state index < -0.39 is 0 Å². The minimum absolute atomic E-state index is 0.186. The van der Waals surface area contributed by atoms with E-state index in [4.69, 9.17) is 0 Å². The predicted molar refractivity (Wildman–Crippen MR) is 84.2 cm³/mol. The van der Waals surface area contributed by atoms with E-state index >= 15 is 0 Å². The van der Waals surface area contributed by atoms with Gasteiger partial charge in [0.2, 0.25) is 0 Å². The number of nitrogens with one attached hydrogen (secondary N) is 1. The number of halogens is 1. The Morgan fingerprint density at radius 3 is 2.81 bits per heavy atom. The van der Waals surface area contributed by atoms with Gasteiger partial charge in [0.1, 0.15) is 17.5 Å². The molecule has 0 amide bonds. The molecule has 0 aliphatic heterocycles. The summed E-state index contributed by atoms with van der Waals surface area (Å²) < 4.78 is 13.6. The summed E-state index contributed by atoms with van der Waals surface area (Å²) in [4.78, 5) is 9.90. The molecule has 21 heavy (non-hydrogen) atoms. The van der Waals surface area contributed by atoms with Crippen molar-refractivity contribution in [3.05, 3.63) is 47.2 Å². The van der Waals surface area contributed by atoms with Crippen molar-refractivity contribution in [2.75, 3.05) is 12.4 Å². The first-order valence-corrected chi connectivity index (χ1v) is 8.20. The van der Waals surface area contributed by atoms with Gasteiger partial charge in [0.15, 0.2) is 0 Å². The molecule has 0 unspecified atom stereocenters. The molecule has 3 rings (SSSR count). The Bertz CT molecular complexity index is 628. The van der Waals surface area contributed by atoms with Crippen molar-refractivity contribution >= 4 is 17.6 Å². The molecule has 0 atom stereocenters. The molecule has 0 spiro atoms. The van der Waals surface area contributed by atoms with Crippen LogP contribution >= 0.6 is 11.8 Å². The van der Waals surface area contributed by atoms with E-state index in [9.17, 15) is 4.39 Å². The van der Waals surface area contributed by atoms with Crippen molar-refractivity contribution in [1.29, 1.82) is 0 Å². The molecule has 0 radical (unpaired) electrons. The maximum absolute atomic E-state index is 13.6. The first-order valence-electron chi connectivity index (χ1n) is 7.21. The molecule has 0 bridgehead atoms. The highest BCUT2D eigenvalue weighted by Gasteiger charge is 2.17. The van der Waals surface area contributed by atoms with Gasteiger partial charge in [0.05, 0.1) is 5.75 Å². The van der Waals surface area contributed by atoms with Gasteiger partial charge >= 0.3 is 0 Å². The second kappa shape index (κ2) is 6.43. The van der Waals surface area contributed by atoms with Crippen LogP contribution in [0.3, 0.4) is 0 Å². The summed E-state index contributed by atoms with van der Waals surface area (Å²) in [5.41, 5.74) is 2.41. The summed E-state index contributed by atoms with van der Waals surface area (Å²) in [6.45, 7) is 0. The zero-order valence-electron chi connectivity index (χ0n) is 12.0. The van der Waals surface area contributed by atoms with Crippen molar-refractivity contribution in [2.45, 2.75) is 36.3 Å². The Hall–Kier alpha value is -1.62. The van der Waals surface area contributed by atoms with Gasteiger partial charge in [0, 0.05) is 23.2 Å². The first-order chi connectivity index (χ1) is 10.3. The fraction of sp³-hybridized carbons (Fsp3) is 0.375. The molecule has 1 heterocycles. The summed E-state index contributed by atoms with van der Waals surface area (Å²) in [5, 5.41) is 3.17. The number of benzene rings is 1. The average molecular weight is 303 g/mol. The zero-order chi connectivity index (χ0) is 14.7. The Balaban J connectivity index is 1.81. The molecule has 110 valence electrons. The minimum atomic E-state index is -0.186. The van der Waals surface area contributed by atoms with E-state index in [2.05, 4.69) is 15.3 Å². The monoisotopic (exact) mass is 303 g/mol. The van der Waals surface area contributed by atoms with Crippen LogP contribution in [0.4, 0.5) is 10.2 Å². The molecule has 0 saturated carbocycles. The molecule has 1 N–H and O–H groups in total. The van der Waals surface area contributed by atoms with Gasteiger partial charge in [-0.3, -0.25) is 0 Å². The smallest absolute Gasteiger partial charge is 0.141 e. The summed E-state index contributed by atoms with van der Waals surface area (Å²) in [7, 11) is 1.89. The van der Waals surface area contributed by atoms with E-state index in [1.54, 1.807) is 12.1 Å². The molecular formula is C16H18FN3S. The summed E-state index contributed by atoms with van der Waals surface area (Å²) in [6, 6.07) is 6.82. The number of hydrogen-bond acceptors (Lipinski definition) is 4. The Labute approximate surface area is 128 Å². The highest BCUT2D eigenvalue weighted by Crippen LogP contribution is 2.28. The number of hydrogen-bond donors (Lipinski definition) is 1. The largest absolute Gasteiger partial charge is 0.373 e. The van der Waals surface area contributed by atoms with E-state index in [0.29, 0.717) is 10.6 Å². The molecule has 1 aromatic carbocycles. The SMILES string of the molecule is CNc1nc(CSc2ccccc2F)nc2c1CCCC2. The summed E-state index contributed by atoms with van der Waals surface area (Å²) >= 11 is 1.44. The summed E-state index contributed by atoms with van der Waals surface area (Å²) in [6.07, 6.45) is 4.46. The summed E-state index contributed by atoms with van der Waals surface area (Å²) in [5.74, 6) is 2.11. The highest BCUT2D eigenvalue weighted by atomic mass is 32.2. The molecule has 1 aromatic heterocycles. The van der Waals surface area contributed by atoms with Crippen molar-refractivity contribution in [3.63, 3.8) is 0 Å². The number of rotatable bonds is 4. The van der Waals surface area contributed by atoms with Crippen LogP contribution in [0.2, 0.25) is 0 Å². The fourth-order valence-electron chi connectivity index (χ4n) is 2.62. The van der Waals surface area contributed by atoms with Gasteiger partial charge in [-0.1, -0.05) is 12.1 Å². The van der Waals surface area contributed by atoms with Crippen LogP contribution in [0.25, 0.3) is 0 Å².